The topological polar surface area (TPSA) is 107 Å². The number of aryl methyl sites for hydroxylation is 1. The lowest BCUT2D eigenvalue weighted by molar-refractivity contribution is -0.137. The van der Waals surface area contributed by atoms with Crippen molar-refractivity contribution in [2.75, 3.05) is 7.11 Å². The molecule has 134 valence electrons. The highest BCUT2D eigenvalue weighted by Crippen LogP contribution is 2.29. The molecule has 0 aliphatic carbocycles. The Morgan fingerprint density at radius 2 is 1.88 bits per heavy atom. The predicted molar refractivity (Wildman–Crippen MR) is 93.8 cm³/mol. The van der Waals surface area contributed by atoms with Gasteiger partial charge in [-0.05, 0) is 30.2 Å². The number of nitrogens with zero attached hydrogens (tertiary/aromatic N) is 4. The highest BCUT2D eigenvalue weighted by molar-refractivity contribution is 6.06. The van der Waals surface area contributed by atoms with Gasteiger partial charge in [-0.3, -0.25) is 14.3 Å². The van der Waals surface area contributed by atoms with E-state index in [1.807, 2.05) is 19.1 Å². The van der Waals surface area contributed by atoms with Crippen LogP contribution in [0.2, 0.25) is 0 Å². The summed E-state index contributed by atoms with van der Waals surface area (Å²) >= 11 is 0. The van der Waals surface area contributed by atoms with E-state index in [0.717, 1.165) is 16.7 Å². The molecule has 0 aliphatic heterocycles. The minimum atomic E-state index is -1.02. The summed E-state index contributed by atoms with van der Waals surface area (Å²) in [4.78, 5) is 31.6. The van der Waals surface area contributed by atoms with E-state index in [4.69, 9.17) is 9.84 Å². The van der Waals surface area contributed by atoms with Crippen LogP contribution in [0.25, 0.3) is 22.0 Å². The molecule has 8 nitrogen and oxygen atoms in total. The maximum absolute atomic E-state index is 12.0. The zero-order valence-corrected chi connectivity index (χ0v) is 14.7. The second kappa shape index (κ2) is 7.01. The summed E-state index contributed by atoms with van der Waals surface area (Å²) in [6.07, 6.45) is 3.38. The van der Waals surface area contributed by atoms with Gasteiger partial charge >= 0.3 is 5.97 Å². The van der Waals surface area contributed by atoms with Crippen molar-refractivity contribution in [3.63, 3.8) is 0 Å². The van der Waals surface area contributed by atoms with Crippen LogP contribution < -0.4 is 0 Å². The summed E-state index contributed by atoms with van der Waals surface area (Å²) in [6, 6.07) is 3.72. The van der Waals surface area contributed by atoms with Crippen LogP contribution in [-0.2, 0) is 22.7 Å². The summed E-state index contributed by atoms with van der Waals surface area (Å²) in [7, 11) is 1.58. The third-order valence-electron chi connectivity index (χ3n) is 3.97. The Balaban J connectivity index is 2.15. The van der Waals surface area contributed by atoms with Crippen LogP contribution in [0.1, 0.15) is 28.8 Å². The number of rotatable bonds is 6. The lowest BCUT2D eigenvalue weighted by Gasteiger charge is -2.07. The summed E-state index contributed by atoms with van der Waals surface area (Å²) in [6.45, 7) is 3.29. The van der Waals surface area contributed by atoms with Crippen LogP contribution in [0.4, 0.5) is 0 Å². The maximum atomic E-state index is 12.0. The number of methoxy groups -OCH3 is 1. The first kappa shape index (κ1) is 17.7. The van der Waals surface area contributed by atoms with Gasteiger partial charge in [0, 0.05) is 37.4 Å². The fourth-order valence-electron chi connectivity index (χ4n) is 2.90. The van der Waals surface area contributed by atoms with Crippen molar-refractivity contribution in [2.24, 2.45) is 0 Å². The van der Waals surface area contributed by atoms with Gasteiger partial charge in [0.2, 0.25) is 0 Å². The van der Waals surface area contributed by atoms with Crippen molar-refractivity contribution < 1.29 is 19.4 Å². The third-order valence-corrected chi connectivity index (χ3v) is 3.97. The van der Waals surface area contributed by atoms with Gasteiger partial charge in [-0.1, -0.05) is 0 Å². The molecule has 0 spiro atoms. The number of carboxylic acids is 1. The molecule has 0 saturated heterocycles. The van der Waals surface area contributed by atoms with Crippen LogP contribution in [0, 0.1) is 6.92 Å². The molecule has 3 rings (SSSR count). The van der Waals surface area contributed by atoms with E-state index in [1.165, 1.54) is 11.6 Å². The van der Waals surface area contributed by atoms with Gasteiger partial charge in [-0.25, -0.2) is 9.97 Å². The largest absolute Gasteiger partial charge is 0.480 e. The zero-order valence-electron chi connectivity index (χ0n) is 14.7. The molecule has 0 amide bonds. The molecule has 1 aromatic carbocycles. The van der Waals surface area contributed by atoms with E-state index in [2.05, 4.69) is 15.1 Å². The predicted octanol–water partition coefficient (Wildman–Crippen LogP) is 2.24. The molecule has 3 aromatic rings. The Morgan fingerprint density at radius 3 is 2.46 bits per heavy atom. The molecule has 0 atom stereocenters. The second-order valence-electron chi connectivity index (χ2n) is 5.97. The Morgan fingerprint density at radius 1 is 1.19 bits per heavy atom. The number of benzene rings is 1. The number of ether oxygens (including phenoxy) is 1. The molecular formula is C18H18N4O4. The number of carbonyl (C=O) groups is 2. The Kier molecular flexibility index (Phi) is 4.77. The maximum Gasteiger partial charge on any atom is 0.325 e. The standard InChI is InChI=1S/C18H18N4O4/c1-10-4-12(13-6-19-15(9-26-3)20-7-13)5-14-17(11(2)23)21-22(18(10)14)8-16(24)25/h4-7H,8-9H2,1-3H3,(H,24,25). The smallest absolute Gasteiger partial charge is 0.325 e. The first-order valence-corrected chi connectivity index (χ1v) is 7.94. The fraction of sp³-hybridized carbons (Fsp3) is 0.278. The number of fused-ring (bicyclic) bond motifs is 1. The van der Waals surface area contributed by atoms with E-state index in [9.17, 15) is 9.59 Å². The van der Waals surface area contributed by atoms with Gasteiger partial charge in [0.1, 0.15) is 18.8 Å². The first-order chi connectivity index (χ1) is 12.4. The lowest BCUT2D eigenvalue weighted by atomic mass is 10.0. The number of carbonyl (C=O) groups excluding carboxylic acids is 1. The van der Waals surface area contributed by atoms with Crippen molar-refractivity contribution in [2.45, 2.75) is 27.0 Å². The lowest BCUT2D eigenvalue weighted by Crippen LogP contribution is -2.11. The van der Waals surface area contributed by atoms with Crippen LogP contribution in [0.5, 0.6) is 0 Å². The van der Waals surface area contributed by atoms with Crippen LogP contribution >= 0.6 is 0 Å². The molecule has 2 heterocycles. The Labute approximate surface area is 149 Å². The molecule has 0 fully saturated rings. The molecule has 0 radical (unpaired) electrons. The molecule has 26 heavy (non-hydrogen) atoms. The van der Waals surface area contributed by atoms with Gasteiger partial charge in [-0.2, -0.15) is 5.10 Å². The molecule has 8 heteroatoms. The molecule has 1 N–H and O–H groups in total. The Bertz CT molecular complexity index is 993. The zero-order chi connectivity index (χ0) is 18.8. The normalized spacial score (nSPS) is 11.0. The average Bonchev–Trinajstić information content (AvgIpc) is 2.94. The van der Waals surface area contributed by atoms with Crippen molar-refractivity contribution in [1.82, 2.24) is 19.7 Å². The highest BCUT2D eigenvalue weighted by atomic mass is 16.5. The van der Waals surface area contributed by atoms with Crippen molar-refractivity contribution in [3.05, 3.63) is 41.6 Å². The SMILES string of the molecule is COCc1ncc(-c2cc(C)c3c(c2)c(C(C)=O)nn3CC(=O)O)cn1. The molecule has 0 saturated carbocycles. The second-order valence-corrected chi connectivity index (χ2v) is 5.97. The first-order valence-electron chi connectivity index (χ1n) is 7.94. The number of aliphatic carboxylic acids is 1. The summed E-state index contributed by atoms with van der Waals surface area (Å²) in [5, 5.41) is 13.9. The number of ketones is 1. The van der Waals surface area contributed by atoms with Gasteiger partial charge in [0.25, 0.3) is 0 Å². The Hall–Kier alpha value is -3.13. The molecular weight excluding hydrogens is 336 g/mol. The molecule has 0 aliphatic rings. The number of hydrogen-bond acceptors (Lipinski definition) is 6. The number of Topliss-reactive ketones (excluding diaryl/α,β-unsaturated/α-hetero) is 1. The fourth-order valence-corrected chi connectivity index (χ4v) is 2.90. The van der Waals surface area contributed by atoms with Crippen LogP contribution in [0.3, 0.4) is 0 Å². The summed E-state index contributed by atoms with van der Waals surface area (Å²) in [5.74, 6) is -0.662. The monoisotopic (exact) mass is 354 g/mol. The minimum absolute atomic E-state index is 0.220. The number of aromatic nitrogens is 4. The van der Waals surface area contributed by atoms with Crippen LogP contribution in [-0.4, -0.2) is 43.7 Å². The van der Waals surface area contributed by atoms with Gasteiger partial charge in [0.15, 0.2) is 11.6 Å². The highest BCUT2D eigenvalue weighted by Gasteiger charge is 2.18. The molecule has 0 unspecified atom stereocenters. The van der Waals surface area contributed by atoms with Gasteiger partial charge in [0.05, 0.1) is 5.52 Å². The van der Waals surface area contributed by atoms with Gasteiger partial charge in [-0.15, -0.1) is 0 Å². The summed E-state index contributed by atoms with van der Waals surface area (Å²) in [5.41, 5.74) is 3.33. The number of carboxylic acid groups (broad SMARTS) is 1. The molecule has 2 aromatic heterocycles. The van der Waals surface area contributed by atoms with E-state index in [1.54, 1.807) is 19.5 Å². The number of hydrogen-bond donors (Lipinski definition) is 1. The van der Waals surface area contributed by atoms with Crippen molar-refractivity contribution in [1.29, 1.82) is 0 Å². The minimum Gasteiger partial charge on any atom is -0.480 e. The van der Waals surface area contributed by atoms with E-state index >= 15 is 0 Å². The molecule has 0 bridgehead atoms. The van der Waals surface area contributed by atoms with E-state index in [-0.39, 0.29) is 18.0 Å². The average molecular weight is 354 g/mol. The quantitative estimate of drug-likeness (QED) is 0.676. The third kappa shape index (κ3) is 3.31. The van der Waals surface area contributed by atoms with E-state index in [0.29, 0.717) is 23.3 Å². The van der Waals surface area contributed by atoms with Gasteiger partial charge < -0.3 is 9.84 Å². The van der Waals surface area contributed by atoms with Crippen LogP contribution in [0.15, 0.2) is 24.5 Å². The summed E-state index contributed by atoms with van der Waals surface area (Å²) < 4.78 is 6.36. The van der Waals surface area contributed by atoms with E-state index < -0.39 is 5.97 Å². The van der Waals surface area contributed by atoms with Crippen molar-refractivity contribution in [3.8, 4) is 11.1 Å². The van der Waals surface area contributed by atoms with Crippen molar-refractivity contribution >= 4 is 22.7 Å².